The Hall–Kier alpha value is -0.380. The lowest BCUT2D eigenvalue weighted by Gasteiger charge is -2.27. The fourth-order valence-electron chi connectivity index (χ4n) is 2.88. The maximum atomic E-state index is 6.02. The first-order chi connectivity index (χ1) is 8.02. The molecule has 1 aliphatic rings. The Morgan fingerprint density at radius 2 is 1.94 bits per heavy atom. The molecule has 2 N–H and O–H groups in total. The van der Waals surface area contributed by atoms with Crippen molar-refractivity contribution < 1.29 is 0 Å². The third kappa shape index (κ3) is 2.56. The number of rotatable bonds is 3. The molecule has 0 saturated carbocycles. The Kier molecular flexibility index (Phi) is 3.91. The Morgan fingerprint density at radius 3 is 2.35 bits per heavy atom. The highest BCUT2D eigenvalue weighted by Gasteiger charge is 2.32. The highest BCUT2D eigenvalue weighted by molar-refractivity contribution is 7.12. The van der Waals surface area contributed by atoms with Gasteiger partial charge in [-0.1, -0.05) is 13.8 Å². The van der Waals surface area contributed by atoms with Crippen LogP contribution in [0.5, 0.6) is 0 Å². The summed E-state index contributed by atoms with van der Waals surface area (Å²) in [4.78, 5) is 5.41. The second kappa shape index (κ2) is 5.09. The first-order valence-corrected chi connectivity index (χ1v) is 7.35. The molecule has 0 bridgehead atoms. The second-order valence-corrected chi connectivity index (χ2v) is 6.99. The number of nitrogens with two attached hydrogens (primary N) is 1. The van der Waals surface area contributed by atoms with Gasteiger partial charge in [0.15, 0.2) is 0 Å². The number of hydrogen-bond donors (Lipinski definition) is 1. The van der Waals surface area contributed by atoms with Gasteiger partial charge in [0.05, 0.1) is 0 Å². The molecule has 1 aliphatic heterocycles. The topological polar surface area (TPSA) is 29.3 Å². The van der Waals surface area contributed by atoms with Crippen molar-refractivity contribution in [1.29, 1.82) is 0 Å². The summed E-state index contributed by atoms with van der Waals surface area (Å²) < 4.78 is 0. The summed E-state index contributed by atoms with van der Waals surface area (Å²) in [6.45, 7) is 12.2. The zero-order chi connectivity index (χ0) is 12.6. The van der Waals surface area contributed by atoms with Crippen LogP contribution >= 0.6 is 11.3 Å². The summed E-state index contributed by atoms with van der Waals surface area (Å²) in [6.07, 6.45) is 0. The molecule has 0 radical (unpaired) electrons. The molecule has 0 spiro atoms. The molecule has 1 aromatic heterocycles. The molecule has 3 atom stereocenters. The van der Waals surface area contributed by atoms with Crippen molar-refractivity contribution in [1.82, 2.24) is 4.90 Å². The van der Waals surface area contributed by atoms with E-state index in [1.54, 1.807) is 0 Å². The van der Waals surface area contributed by atoms with Gasteiger partial charge in [-0.3, -0.25) is 4.90 Å². The van der Waals surface area contributed by atoms with Gasteiger partial charge < -0.3 is 5.73 Å². The first-order valence-electron chi connectivity index (χ1n) is 6.54. The van der Waals surface area contributed by atoms with Crippen LogP contribution in [0.1, 0.15) is 35.2 Å². The van der Waals surface area contributed by atoms with E-state index in [9.17, 15) is 0 Å². The quantitative estimate of drug-likeness (QED) is 0.896. The third-order valence-corrected chi connectivity index (χ3v) is 5.10. The van der Waals surface area contributed by atoms with Crippen molar-refractivity contribution in [2.24, 2.45) is 17.6 Å². The molecule has 0 aromatic carbocycles. The first kappa shape index (κ1) is 13.1. The van der Waals surface area contributed by atoms with Crippen LogP contribution in [-0.4, -0.2) is 24.5 Å². The van der Waals surface area contributed by atoms with Gasteiger partial charge in [-0.05, 0) is 37.3 Å². The zero-order valence-electron chi connectivity index (χ0n) is 11.4. The Morgan fingerprint density at radius 1 is 1.35 bits per heavy atom. The Labute approximate surface area is 109 Å². The number of hydrogen-bond acceptors (Lipinski definition) is 3. The summed E-state index contributed by atoms with van der Waals surface area (Å²) in [5.41, 5.74) is 7.47. The number of nitrogens with zero attached hydrogens (tertiary/aromatic N) is 1. The number of aryl methyl sites for hydroxylation is 2. The van der Waals surface area contributed by atoms with E-state index in [1.165, 1.54) is 28.4 Å². The monoisotopic (exact) mass is 252 g/mol. The van der Waals surface area contributed by atoms with E-state index in [1.807, 2.05) is 11.3 Å². The van der Waals surface area contributed by atoms with E-state index in [0.29, 0.717) is 6.04 Å². The van der Waals surface area contributed by atoms with Gasteiger partial charge in [0, 0.05) is 35.4 Å². The maximum Gasteiger partial charge on any atom is 0.0481 e. The predicted molar refractivity (Wildman–Crippen MR) is 75.5 cm³/mol. The smallest absolute Gasteiger partial charge is 0.0481 e. The highest BCUT2D eigenvalue weighted by atomic mass is 32.1. The molecule has 3 unspecified atom stereocenters. The lowest BCUT2D eigenvalue weighted by Crippen LogP contribution is -2.32. The van der Waals surface area contributed by atoms with Gasteiger partial charge in [0.25, 0.3) is 0 Å². The molecule has 0 amide bonds. The molecule has 1 aromatic rings. The largest absolute Gasteiger partial charge is 0.329 e. The van der Waals surface area contributed by atoms with E-state index >= 15 is 0 Å². The minimum absolute atomic E-state index is 0.423. The van der Waals surface area contributed by atoms with E-state index in [2.05, 4.69) is 38.7 Å². The molecular weight excluding hydrogens is 228 g/mol. The second-order valence-electron chi connectivity index (χ2n) is 5.53. The van der Waals surface area contributed by atoms with Crippen LogP contribution in [0.3, 0.4) is 0 Å². The molecule has 17 heavy (non-hydrogen) atoms. The average Bonchev–Trinajstić information content (AvgIpc) is 2.74. The van der Waals surface area contributed by atoms with E-state index in [4.69, 9.17) is 5.73 Å². The van der Waals surface area contributed by atoms with Gasteiger partial charge in [0.1, 0.15) is 0 Å². The van der Waals surface area contributed by atoms with Crippen molar-refractivity contribution in [3.8, 4) is 0 Å². The summed E-state index contributed by atoms with van der Waals surface area (Å²) in [5, 5.41) is 0. The van der Waals surface area contributed by atoms with Crippen LogP contribution < -0.4 is 5.73 Å². The van der Waals surface area contributed by atoms with Crippen LogP contribution in [0.25, 0.3) is 0 Å². The van der Waals surface area contributed by atoms with Gasteiger partial charge in [-0.15, -0.1) is 11.3 Å². The molecule has 2 heterocycles. The van der Waals surface area contributed by atoms with Crippen molar-refractivity contribution in [3.05, 3.63) is 21.4 Å². The maximum absolute atomic E-state index is 6.02. The fourth-order valence-corrected chi connectivity index (χ4v) is 3.86. The van der Waals surface area contributed by atoms with Crippen LogP contribution in [0, 0.1) is 25.7 Å². The molecule has 3 heteroatoms. The average molecular weight is 252 g/mol. The fraction of sp³-hybridized carbons (Fsp3) is 0.714. The number of likely N-dealkylation sites (tertiary alicyclic amines) is 1. The van der Waals surface area contributed by atoms with Crippen LogP contribution in [0.4, 0.5) is 0 Å². The van der Waals surface area contributed by atoms with Crippen LogP contribution in [0.2, 0.25) is 0 Å². The van der Waals surface area contributed by atoms with E-state index < -0.39 is 0 Å². The molecule has 96 valence electrons. The summed E-state index contributed by atoms with van der Waals surface area (Å²) in [5.74, 6) is 1.59. The van der Waals surface area contributed by atoms with Crippen molar-refractivity contribution in [3.63, 3.8) is 0 Å². The van der Waals surface area contributed by atoms with Gasteiger partial charge in [-0.25, -0.2) is 0 Å². The normalized spacial score (nSPS) is 27.6. The lowest BCUT2D eigenvalue weighted by atomic mass is 10.0. The summed E-state index contributed by atoms with van der Waals surface area (Å²) in [7, 11) is 0. The zero-order valence-corrected chi connectivity index (χ0v) is 12.2. The number of thiophene rings is 1. The lowest BCUT2D eigenvalue weighted by molar-refractivity contribution is 0.240. The van der Waals surface area contributed by atoms with Crippen molar-refractivity contribution in [2.75, 3.05) is 19.6 Å². The van der Waals surface area contributed by atoms with Crippen LogP contribution in [0.15, 0.2) is 6.07 Å². The molecule has 1 fully saturated rings. The van der Waals surface area contributed by atoms with Crippen molar-refractivity contribution >= 4 is 11.3 Å². The van der Waals surface area contributed by atoms with Crippen LogP contribution in [-0.2, 0) is 0 Å². The third-order valence-electron chi connectivity index (χ3n) is 4.12. The predicted octanol–water partition coefficient (Wildman–Crippen LogP) is 2.95. The van der Waals surface area contributed by atoms with Gasteiger partial charge >= 0.3 is 0 Å². The minimum atomic E-state index is 0.423. The van der Waals surface area contributed by atoms with E-state index in [0.717, 1.165) is 18.4 Å². The highest BCUT2D eigenvalue weighted by Crippen LogP contribution is 2.34. The molecule has 2 rings (SSSR count). The molecule has 1 saturated heterocycles. The molecular formula is C14H24N2S. The Balaban J connectivity index is 2.20. The summed E-state index contributed by atoms with van der Waals surface area (Å²) >= 11 is 1.89. The van der Waals surface area contributed by atoms with Gasteiger partial charge in [-0.2, -0.15) is 0 Å². The molecule has 2 nitrogen and oxygen atoms in total. The molecule has 0 aliphatic carbocycles. The van der Waals surface area contributed by atoms with E-state index in [-0.39, 0.29) is 0 Å². The minimum Gasteiger partial charge on any atom is -0.329 e. The SMILES string of the molecule is Cc1cc(C(CN)N2CC(C)C(C)C2)c(C)s1. The summed E-state index contributed by atoms with van der Waals surface area (Å²) in [6, 6.07) is 2.75. The van der Waals surface area contributed by atoms with Gasteiger partial charge in [0.2, 0.25) is 0 Å². The van der Waals surface area contributed by atoms with Crippen molar-refractivity contribution in [2.45, 2.75) is 33.7 Å². The standard InChI is InChI=1S/C14H24N2S/c1-9-7-16(8-10(9)2)14(6-15)13-5-11(3)17-12(13)4/h5,9-10,14H,6-8,15H2,1-4H3. The Bertz CT molecular complexity index is 376.